The lowest BCUT2D eigenvalue weighted by Crippen LogP contribution is -2.27. The summed E-state index contributed by atoms with van der Waals surface area (Å²) < 4.78 is 12.2. The van der Waals surface area contributed by atoms with Gasteiger partial charge in [-0.3, -0.25) is 19.0 Å². The SMILES string of the molecule is CCc1nc(C)cc(=O)n1CCOc1ccc(/C=C2\OC(=O)CC2=O)cc1. The third kappa shape index (κ3) is 4.49. The van der Waals surface area contributed by atoms with Crippen LogP contribution >= 0.6 is 0 Å². The summed E-state index contributed by atoms with van der Waals surface area (Å²) in [5.41, 5.74) is 1.36. The van der Waals surface area contributed by atoms with E-state index in [-0.39, 0.29) is 23.5 Å². The highest BCUT2D eigenvalue weighted by Crippen LogP contribution is 2.19. The van der Waals surface area contributed by atoms with Crippen molar-refractivity contribution in [1.82, 2.24) is 9.55 Å². The molecule has 1 aliphatic rings. The second kappa shape index (κ2) is 7.99. The molecule has 1 aromatic carbocycles. The normalized spacial score (nSPS) is 15.3. The van der Waals surface area contributed by atoms with Crippen LogP contribution in [0.4, 0.5) is 0 Å². The van der Waals surface area contributed by atoms with Crippen molar-refractivity contribution in [2.24, 2.45) is 0 Å². The van der Waals surface area contributed by atoms with Crippen LogP contribution in [-0.2, 0) is 27.3 Å². The Labute approximate surface area is 156 Å². The number of cyclic esters (lactones) is 1. The van der Waals surface area contributed by atoms with Crippen molar-refractivity contribution in [2.45, 2.75) is 33.2 Å². The van der Waals surface area contributed by atoms with Gasteiger partial charge in [-0.15, -0.1) is 0 Å². The molecule has 0 aliphatic carbocycles. The molecule has 7 nitrogen and oxygen atoms in total. The van der Waals surface area contributed by atoms with E-state index in [0.717, 1.165) is 11.4 Å². The number of esters is 1. The predicted molar refractivity (Wildman–Crippen MR) is 98.2 cm³/mol. The first-order valence-electron chi connectivity index (χ1n) is 8.72. The van der Waals surface area contributed by atoms with Crippen molar-refractivity contribution in [3.8, 4) is 5.75 Å². The number of hydrogen-bond acceptors (Lipinski definition) is 6. The van der Waals surface area contributed by atoms with Crippen LogP contribution in [0.5, 0.6) is 5.75 Å². The van der Waals surface area contributed by atoms with E-state index >= 15 is 0 Å². The molecule has 140 valence electrons. The lowest BCUT2D eigenvalue weighted by atomic mass is 10.1. The first-order valence-corrected chi connectivity index (χ1v) is 8.72. The zero-order valence-electron chi connectivity index (χ0n) is 15.2. The van der Waals surface area contributed by atoms with E-state index in [2.05, 4.69) is 4.98 Å². The van der Waals surface area contributed by atoms with Crippen LogP contribution in [0.3, 0.4) is 0 Å². The van der Waals surface area contributed by atoms with Crippen molar-refractivity contribution >= 4 is 17.8 Å². The number of carbonyl (C=O) groups is 2. The molecule has 7 heteroatoms. The van der Waals surface area contributed by atoms with Crippen molar-refractivity contribution in [3.63, 3.8) is 0 Å². The molecule has 0 atom stereocenters. The van der Waals surface area contributed by atoms with Crippen molar-refractivity contribution in [1.29, 1.82) is 0 Å². The largest absolute Gasteiger partial charge is 0.492 e. The minimum atomic E-state index is -0.529. The number of aromatic nitrogens is 2. The number of benzene rings is 1. The molecule has 3 rings (SSSR count). The van der Waals surface area contributed by atoms with Gasteiger partial charge >= 0.3 is 5.97 Å². The number of rotatable bonds is 6. The molecule has 1 aliphatic heterocycles. The second-order valence-corrected chi connectivity index (χ2v) is 6.16. The summed E-state index contributed by atoms with van der Waals surface area (Å²) in [6.45, 7) is 4.50. The highest BCUT2D eigenvalue weighted by Gasteiger charge is 2.26. The number of ether oxygens (including phenoxy) is 2. The minimum Gasteiger partial charge on any atom is -0.492 e. The standard InChI is InChI=1S/C20H20N2O5/c1-3-18-21-13(2)10-19(24)22(18)8-9-26-15-6-4-14(5-7-15)11-17-16(23)12-20(25)27-17/h4-7,10-11H,3,8-9,12H2,1-2H3/b17-11-. The predicted octanol–water partition coefficient (Wildman–Crippen LogP) is 2.05. The van der Waals surface area contributed by atoms with Gasteiger partial charge in [0.15, 0.2) is 5.76 Å². The third-order valence-electron chi connectivity index (χ3n) is 4.10. The fourth-order valence-electron chi connectivity index (χ4n) is 2.80. The van der Waals surface area contributed by atoms with Crippen molar-refractivity contribution in [3.05, 3.63) is 63.5 Å². The van der Waals surface area contributed by atoms with Crippen LogP contribution < -0.4 is 10.3 Å². The third-order valence-corrected chi connectivity index (χ3v) is 4.10. The Bertz CT molecular complexity index is 957. The van der Waals surface area contributed by atoms with Gasteiger partial charge in [-0.2, -0.15) is 0 Å². The number of ketones is 1. The molecule has 2 heterocycles. The maximum atomic E-state index is 12.1. The van der Waals surface area contributed by atoms with Gasteiger partial charge in [0.1, 0.15) is 24.6 Å². The Hall–Kier alpha value is -3.22. The molecule has 27 heavy (non-hydrogen) atoms. The zero-order valence-corrected chi connectivity index (χ0v) is 15.2. The lowest BCUT2D eigenvalue weighted by Gasteiger charge is -2.12. The molecular weight excluding hydrogens is 348 g/mol. The van der Waals surface area contributed by atoms with E-state index in [1.54, 1.807) is 35.8 Å². The Morgan fingerprint density at radius 1 is 1.22 bits per heavy atom. The van der Waals surface area contributed by atoms with E-state index in [4.69, 9.17) is 9.47 Å². The highest BCUT2D eigenvalue weighted by atomic mass is 16.5. The zero-order chi connectivity index (χ0) is 19.4. The maximum Gasteiger partial charge on any atom is 0.319 e. The van der Waals surface area contributed by atoms with E-state index in [0.29, 0.717) is 31.0 Å². The summed E-state index contributed by atoms with van der Waals surface area (Å²) in [5, 5.41) is 0. The number of allylic oxidation sites excluding steroid dienone is 1. The van der Waals surface area contributed by atoms with Crippen LogP contribution in [-0.4, -0.2) is 27.9 Å². The Balaban J connectivity index is 1.62. The first-order chi connectivity index (χ1) is 13.0. The smallest absolute Gasteiger partial charge is 0.319 e. The summed E-state index contributed by atoms with van der Waals surface area (Å²) in [6.07, 6.45) is 1.99. The summed E-state index contributed by atoms with van der Waals surface area (Å²) in [6, 6.07) is 8.55. The van der Waals surface area contributed by atoms with Gasteiger partial charge in [-0.25, -0.2) is 4.98 Å². The van der Waals surface area contributed by atoms with Gasteiger partial charge in [0.2, 0.25) is 5.78 Å². The fourth-order valence-corrected chi connectivity index (χ4v) is 2.80. The number of aryl methyl sites for hydroxylation is 2. The van der Waals surface area contributed by atoms with Crippen molar-refractivity contribution < 1.29 is 19.1 Å². The molecule has 0 spiro atoms. The first kappa shape index (κ1) is 18.6. The Morgan fingerprint density at radius 2 is 1.96 bits per heavy atom. The van der Waals surface area contributed by atoms with Crippen LogP contribution in [0, 0.1) is 6.92 Å². The maximum absolute atomic E-state index is 12.1. The van der Waals surface area contributed by atoms with Gasteiger partial charge in [0, 0.05) is 18.2 Å². The summed E-state index contributed by atoms with van der Waals surface area (Å²) in [5.74, 6) is 0.592. The number of hydrogen-bond donors (Lipinski definition) is 0. The van der Waals surface area contributed by atoms with Gasteiger partial charge in [-0.1, -0.05) is 19.1 Å². The van der Waals surface area contributed by atoms with Crippen LogP contribution in [0.15, 0.2) is 40.9 Å². The monoisotopic (exact) mass is 368 g/mol. The van der Waals surface area contributed by atoms with E-state index in [1.807, 2.05) is 6.92 Å². The Morgan fingerprint density at radius 3 is 2.59 bits per heavy atom. The molecule has 0 amide bonds. The van der Waals surface area contributed by atoms with Crippen LogP contribution in [0.1, 0.15) is 30.4 Å². The van der Waals surface area contributed by atoms with Gasteiger partial charge in [0.05, 0.1) is 6.54 Å². The molecule has 0 radical (unpaired) electrons. The molecule has 2 aromatic rings. The molecular formula is C20H20N2O5. The Kier molecular flexibility index (Phi) is 5.49. The van der Waals surface area contributed by atoms with Crippen molar-refractivity contribution in [2.75, 3.05) is 6.61 Å². The number of Topliss-reactive ketones (excluding diaryl/α,β-unsaturated/α-hetero) is 1. The topological polar surface area (TPSA) is 87.5 Å². The molecule has 0 unspecified atom stereocenters. The lowest BCUT2D eigenvalue weighted by molar-refractivity contribution is -0.135. The molecule has 0 N–H and O–H groups in total. The average Bonchev–Trinajstić information content (AvgIpc) is 2.95. The fraction of sp³-hybridized carbons (Fsp3) is 0.300. The minimum absolute atomic E-state index is 0.0620. The highest BCUT2D eigenvalue weighted by molar-refractivity contribution is 6.12. The second-order valence-electron chi connectivity index (χ2n) is 6.16. The quantitative estimate of drug-likeness (QED) is 0.441. The van der Waals surface area contributed by atoms with Gasteiger partial charge in [0.25, 0.3) is 5.56 Å². The molecule has 1 fully saturated rings. The van der Waals surface area contributed by atoms with E-state index in [9.17, 15) is 14.4 Å². The average molecular weight is 368 g/mol. The van der Waals surface area contributed by atoms with E-state index < -0.39 is 5.97 Å². The molecule has 0 bridgehead atoms. The van der Waals surface area contributed by atoms with Crippen LogP contribution in [0.25, 0.3) is 6.08 Å². The summed E-state index contributed by atoms with van der Waals surface area (Å²) in [7, 11) is 0. The summed E-state index contributed by atoms with van der Waals surface area (Å²) >= 11 is 0. The van der Waals surface area contributed by atoms with Gasteiger partial charge < -0.3 is 9.47 Å². The number of carbonyl (C=O) groups excluding carboxylic acids is 2. The summed E-state index contributed by atoms with van der Waals surface area (Å²) in [4.78, 5) is 39.2. The molecule has 0 saturated carbocycles. The van der Waals surface area contributed by atoms with Crippen LogP contribution in [0.2, 0.25) is 0 Å². The van der Waals surface area contributed by atoms with Gasteiger partial charge in [-0.05, 0) is 30.7 Å². The van der Waals surface area contributed by atoms with E-state index in [1.165, 1.54) is 12.1 Å². The number of nitrogens with zero attached hydrogens (tertiary/aromatic N) is 2. The molecule has 1 aromatic heterocycles. The molecule has 1 saturated heterocycles.